The van der Waals surface area contributed by atoms with Crippen molar-refractivity contribution in [3.8, 4) is 6.07 Å². The zero-order valence-electron chi connectivity index (χ0n) is 9.35. The standard InChI is InChI=1S/C12H10FN3O2/c13-11-8-3-1-2-4-9(8)16(10(11)7-14)6-5-15-12(17)18/h1-4,15H,5-6H2,(H,17,18). The van der Waals surface area contributed by atoms with Crippen LogP contribution in [0, 0.1) is 17.1 Å². The summed E-state index contributed by atoms with van der Waals surface area (Å²) in [5.41, 5.74) is 0.502. The van der Waals surface area contributed by atoms with Gasteiger partial charge in [0.15, 0.2) is 11.5 Å². The molecule has 5 nitrogen and oxygen atoms in total. The van der Waals surface area contributed by atoms with Crippen LogP contribution in [-0.4, -0.2) is 22.3 Å². The fraction of sp³-hybridized carbons (Fsp3) is 0.167. The zero-order chi connectivity index (χ0) is 13.1. The minimum atomic E-state index is -1.15. The van der Waals surface area contributed by atoms with Crippen molar-refractivity contribution >= 4 is 17.0 Å². The molecule has 2 rings (SSSR count). The molecular weight excluding hydrogens is 237 g/mol. The number of nitriles is 1. The van der Waals surface area contributed by atoms with Crippen LogP contribution >= 0.6 is 0 Å². The lowest BCUT2D eigenvalue weighted by Crippen LogP contribution is -2.25. The van der Waals surface area contributed by atoms with Crippen LogP contribution in [-0.2, 0) is 6.54 Å². The zero-order valence-corrected chi connectivity index (χ0v) is 9.35. The van der Waals surface area contributed by atoms with Crippen molar-refractivity contribution in [1.82, 2.24) is 9.88 Å². The number of benzene rings is 1. The molecule has 0 radical (unpaired) electrons. The second kappa shape index (κ2) is 4.75. The van der Waals surface area contributed by atoms with E-state index in [1.165, 1.54) is 4.57 Å². The summed E-state index contributed by atoms with van der Waals surface area (Å²) >= 11 is 0. The van der Waals surface area contributed by atoms with Crippen molar-refractivity contribution in [2.24, 2.45) is 0 Å². The summed E-state index contributed by atoms with van der Waals surface area (Å²) in [6.07, 6.45) is -1.15. The lowest BCUT2D eigenvalue weighted by molar-refractivity contribution is 0.194. The van der Waals surface area contributed by atoms with Gasteiger partial charge in [0.1, 0.15) is 6.07 Å². The first-order chi connectivity index (χ1) is 8.65. The van der Waals surface area contributed by atoms with Crippen LogP contribution in [0.15, 0.2) is 24.3 Å². The second-order valence-corrected chi connectivity index (χ2v) is 3.68. The molecule has 1 aromatic heterocycles. The molecule has 2 N–H and O–H groups in total. The van der Waals surface area contributed by atoms with E-state index in [-0.39, 0.29) is 18.8 Å². The summed E-state index contributed by atoms with van der Waals surface area (Å²) in [6, 6.07) is 8.52. The molecule has 0 atom stereocenters. The molecule has 1 aromatic carbocycles. The van der Waals surface area contributed by atoms with Gasteiger partial charge in [0.25, 0.3) is 0 Å². The molecule has 0 fully saturated rings. The van der Waals surface area contributed by atoms with Crippen LogP contribution in [0.25, 0.3) is 10.9 Å². The van der Waals surface area contributed by atoms with Crippen LogP contribution in [0.4, 0.5) is 9.18 Å². The van der Waals surface area contributed by atoms with Gasteiger partial charge in [-0.15, -0.1) is 0 Å². The molecule has 6 heteroatoms. The molecular formula is C12H10FN3O2. The highest BCUT2D eigenvalue weighted by molar-refractivity contribution is 5.83. The minimum absolute atomic E-state index is 0.0802. The number of nitrogens with one attached hydrogen (secondary N) is 1. The second-order valence-electron chi connectivity index (χ2n) is 3.68. The van der Waals surface area contributed by atoms with E-state index in [2.05, 4.69) is 5.32 Å². The number of hydrogen-bond acceptors (Lipinski definition) is 2. The fourth-order valence-corrected chi connectivity index (χ4v) is 1.88. The van der Waals surface area contributed by atoms with Crippen molar-refractivity contribution in [3.63, 3.8) is 0 Å². The fourth-order valence-electron chi connectivity index (χ4n) is 1.88. The van der Waals surface area contributed by atoms with E-state index in [1.54, 1.807) is 30.3 Å². The maximum absolute atomic E-state index is 13.9. The average Bonchev–Trinajstić information content (AvgIpc) is 2.63. The molecule has 0 saturated heterocycles. The van der Waals surface area contributed by atoms with Gasteiger partial charge in [-0.05, 0) is 12.1 Å². The van der Waals surface area contributed by atoms with E-state index < -0.39 is 11.9 Å². The summed E-state index contributed by atoms with van der Waals surface area (Å²) in [7, 11) is 0. The lowest BCUT2D eigenvalue weighted by atomic mass is 10.2. The quantitative estimate of drug-likeness (QED) is 0.869. The molecule has 0 aliphatic carbocycles. The minimum Gasteiger partial charge on any atom is -0.465 e. The van der Waals surface area contributed by atoms with Crippen molar-refractivity contribution in [1.29, 1.82) is 5.26 Å². The number of fused-ring (bicyclic) bond motifs is 1. The molecule has 1 heterocycles. The van der Waals surface area contributed by atoms with Gasteiger partial charge in [0.05, 0.1) is 5.52 Å². The summed E-state index contributed by atoms with van der Waals surface area (Å²) in [6.45, 7) is 0.321. The predicted molar refractivity (Wildman–Crippen MR) is 62.6 cm³/mol. The highest BCUT2D eigenvalue weighted by Crippen LogP contribution is 2.23. The van der Waals surface area contributed by atoms with Crippen LogP contribution in [0.5, 0.6) is 0 Å². The first kappa shape index (κ1) is 11.9. The average molecular weight is 247 g/mol. The Bertz CT molecular complexity index is 643. The Hall–Kier alpha value is -2.55. The number of amides is 1. The smallest absolute Gasteiger partial charge is 0.404 e. The van der Waals surface area contributed by atoms with Crippen molar-refractivity contribution in [2.45, 2.75) is 6.54 Å². The number of rotatable bonds is 3. The predicted octanol–water partition coefficient (Wildman–Crippen LogP) is 1.92. The Morgan fingerprint density at radius 1 is 1.50 bits per heavy atom. The largest absolute Gasteiger partial charge is 0.465 e. The normalized spacial score (nSPS) is 10.2. The Morgan fingerprint density at radius 3 is 2.89 bits per heavy atom. The third kappa shape index (κ3) is 1.98. The molecule has 0 bridgehead atoms. The van der Waals surface area contributed by atoms with Gasteiger partial charge in [-0.3, -0.25) is 0 Å². The third-order valence-electron chi connectivity index (χ3n) is 2.63. The summed E-state index contributed by atoms with van der Waals surface area (Å²) in [5.74, 6) is -0.566. The number of hydrogen-bond donors (Lipinski definition) is 2. The molecule has 0 aliphatic heterocycles. The molecule has 18 heavy (non-hydrogen) atoms. The van der Waals surface area contributed by atoms with Crippen LogP contribution < -0.4 is 5.32 Å². The summed E-state index contributed by atoms with van der Waals surface area (Å²) < 4.78 is 15.4. The number of carbonyl (C=O) groups is 1. The van der Waals surface area contributed by atoms with Crippen molar-refractivity contribution < 1.29 is 14.3 Å². The highest BCUT2D eigenvalue weighted by atomic mass is 19.1. The Morgan fingerprint density at radius 2 is 2.22 bits per heavy atom. The molecule has 2 aromatic rings. The van der Waals surface area contributed by atoms with Gasteiger partial charge in [-0.1, -0.05) is 12.1 Å². The third-order valence-corrected chi connectivity index (χ3v) is 2.63. The Balaban J connectivity index is 2.42. The molecule has 0 aliphatic rings. The molecule has 92 valence electrons. The summed E-state index contributed by atoms with van der Waals surface area (Å²) in [5, 5.41) is 20.0. The van der Waals surface area contributed by atoms with Crippen LogP contribution in [0.3, 0.4) is 0 Å². The lowest BCUT2D eigenvalue weighted by Gasteiger charge is -2.06. The van der Waals surface area contributed by atoms with Crippen LogP contribution in [0.1, 0.15) is 5.69 Å². The van der Waals surface area contributed by atoms with E-state index in [9.17, 15) is 9.18 Å². The number of nitrogens with zero attached hydrogens (tertiary/aromatic N) is 2. The van der Waals surface area contributed by atoms with Crippen LogP contribution in [0.2, 0.25) is 0 Å². The molecule has 1 amide bonds. The Kier molecular flexibility index (Phi) is 3.15. The van der Waals surface area contributed by atoms with E-state index in [0.29, 0.717) is 10.9 Å². The molecule has 0 unspecified atom stereocenters. The maximum atomic E-state index is 13.9. The number of para-hydroxylation sites is 1. The monoisotopic (exact) mass is 247 g/mol. The number of halogens is 1. The van der Waals surface area contributed by atoms with E-state index in [4.69, 9.17) is 10.4 Å². The first-order valence-electron chi connectivity index (χ1n) is 5.28. The first-order valence-corrected chi connectivity index (χ1v) is 5.28. The van der Waals surface area contributed by atoms with Crippen molar-refractivity contribution in [3.05, 3.63) is 35.8 Å². The topological polar surface area (TPSA) is 78.0 Å². The van der Waals surface area contributed by atoms with Gasteiger partial charge >= 0.3 is 6.09 Å². The van der Waals surface area contributed by atoms with Gasteiger partial charge in [-0.2, -0.15) is 5.26 Å². The van der Waals surface area contributed by atoms with Crippen molar-refractivity contribution in [2.75, 3.05) is 6.54 Å². The molecule has 0 spiro atoms. The van der Waals surface area contributed by atoms with Gasteiger partial charge in [0, 0.05) is 18.5 Å². The van der Waals surface area contributed by atoms with Gasteiger partial charge in [0.2, 0.25) is 0 Å². The highest BCUT2D eigenvalue weighted by Gasteiger charge is 2.16. The summed E-state index contributed by atoms with van der Waals surface area (Å²) in [4.78, 5) is 10.4. The number of carboxylic acid groups (broad SMARTS) is 1. The molecule has 0 saturated carbocycles. The van der Waals surface area contributed by atoms with E-state index >= 15 is 0 Å². The SMILES string of the molecule is N#Cc1c(F)c2ccccc2n1CCNC(=O)O. The van der Waals surface area contributed by atoms with E-state index in [0.717, 1.165) is 0 Å². The van der Waals surface area contributed by atoms with E-state index in [1.807, 2.05) is 0 Å². The van der Waals surface area contributed by atoms with Gasteiger partial charge in [-0.25, -0.2) is 9.18 Å². The van der Waals surface area contributed by atoms with Gasteiger partial charge < -0.3 is 15.0 Å². The maximum Gasteiger partial charge on any atom is 0.404 e. The number of aromatic nitrogens is 1. The Labute approximate surface area is 102 Å².